The zero-order chi connectivity index (χ0) is 23.4. The minimum Gasteiger partial charge on any atom is -0.462 e. The van der Waals surface area contributed by atoms with Crippen molar-refractivity contribution >= 4 is 41.1 Å². The molecule has 32 heavy (non-hydrogen) atoms. The highest BCUT2D eigenvalue weighted by atomic mass is 32.1. The van der Waals surface area contributed by atoms with Gasteiger partial charge in [0.1, 0.15) is 9.88 Å². The third-order valence-electron chi connectivity index (χ3n) is 4.73. The van der Waals surface area contributed by atoms with Crippen molar-refractivity contribution in [3.8, 4) is 5.69 Å². The molecule has 3 rings (SSSR count). The van der Waals surface area contributed by atoms with Crippen molar-refractivity contribution in [3.05, 3.63) is 66.8 Å². The third-order valence-corrected chi connectivity index (χ3v) is 5.94. The number of carbonyl (C=O) groups excluding carboxylic acids is 2. The molecular weight excluding hydrogens is 430 g/mol. The van der Waals surface area contributed by atoms with Gasteiger partial charge in [-0.2, -0.15) is 0 Å². The van der Waals surface area contributed by atoms with Gasteiger partial charge in [-0.15, -0.1) is 11.3 Å². The van der Waals surface area contributed by atoms with Crippen molar-refractivity contribution in [1.29, 1.82) is 0 Å². The van der Waals surface area contributed by atoms with Crippen LogP contribution in [0.1, 0.15) is 45.0 Å². The van der Waals surface area contributed by atoms with Crippen molar-refractivity contribution in [2.45, 2.75) is 27.7 Å². The summed E-state index contributed by atoms with van der Waals surface area (Å²) < 4.78 is 11.6. The van der Waals surface area contributed by atoms with Crippen LogP contribution < -0.4 is 21.4 Å². The first-order chi connectivity index (χ1) is 15.3. The standard InChI is InChI=1S/C23H25N3O5S/c1-6-30-22(28)18-14(4)19(23(29)31-7-2)32-20(18)24-12-17-15(5)25-26(21(17)27)16-10-8-13(3)9-11-16/h8-12,24-25H,5-7H2,1-4H3/b17-12-. The molecule has 8 nitrogen and oxygen atoms in total. The molecule has 3 aromatic rings. The van der Waals surface area contributed by atoms with Crippen LogP contribution in [0.25, 0.3) is 18.5 Å². The number of aryl methyl sites for hydroxylation is 1. The molecule has 0 saturated carbocycles. The Morgan fingerprint density at radius 2 is 1.75 bits per heavy atom. The first kappa shape index (κ1) is 23.1. The van der Waals surface area contributed by atoms with E-state index in [9.17, 15) is 14.4 Å². The quantitative estimate of drug-likeness (QED) is 0.531. The molecule has 0 atom stereocenters. The molecule has 0 amide bonds. The number of hydrogen-bond acceptors (Lipinski definition) is 7. The summed E-state index contributed by atoms with van der Waals surface area (Å²) in [6.45, 7) is 11.3. The molecule has 2 aromatic heterocycles. The maximum atomic E-state index is 12.9. The third kappa shape index (κ3) is 4.52. The Kier molecular flexibility index (Phi) is 6.99. The molecule has 9 heteroatoms. The highest BCUT2D eigenvalue weighted by Crippen LogP contribution is 2.34. The topological polar surface area (TPSA) is 102 Å². The van der Waals surface area contributed by atoms with E-state index in [2.05, 4.69) is 17.0 Å². The fourth-order valence-corrected chi connectivity index (χ4v) is 4.17. The molecule has 0 fully saturated rings. The van der Waals surface area contributed by atoms with Crippen LogP contribution in [0.4, 0.5) is 5.00 Å². The number of nitrogens with one attached hydrogen (secondary N) is 2. The van der Waals surface area contributed by atoms with Gasteiger partial charge in [0.2, 0.25) is 0 Å². The maximum Gasteiger partial charge on any atom is 0.348 e. The Hall–Kier alpha value is -3.59. The SMILES string of the molecule is C=c1[nH]n(-c2ccc(C)cc2)c(=O)/c1=C\Nc1sc(C(=O)OCC)c(C)c1C(=O)OCC. The molecule has 0 aliphatic rings. The molecular formula is C23H25N3O5S. The summed E-state index contributed by atoms with van der Waals surface area (Å²) in [7, 11) is 0. The molecule has 0 saturated heterocycles. The number of rotatable bonds is 7. The predicted octanol–water partition coefficient (Wildman–Crippen LogP) is 2.46. The summed E-state index contributed by atoms with van der Waals surface area (Å²) in [6, 6.07) is 7.47. The fraction of sp³-hybridized carbons (Fsp3) is 0.261. The van der Waals surface area contributed by atoms with E-state index in [-0.39, 0.29) is 24.3 Å². The van der Waals surface area contributed by atoms with Gasteiger partial charge in [-0.25, -0.2) is 14.3 Å². The summed E-state index contributed by atoms with van der Waals surface area (Å²) in [5.41, 5.74) is 2.14. The van der Waals surface area contributed by atoms with Gasteiger partial charge < -0.3 is 14.8 Å². The first-order valence-electron chi connectivity index (χ1n) is 10.1. The average Bonchev–Trinajstić information content (AvgIpc) is 3.23. The number of ether oxygens (including phenoxy) is 2. The number of aromatic amines is 1. The highest BCUT2D eigenvalue weighted by molar-refractivity contribution is 7.18. The second kappa shape index (κ2) is 9.69. The highest BCUT2D eigenvalue weighted by Gasteiger charge is 2.26. The molecule has 2 heterocycles. The van der Waals surface area contributed by atoms with Gasteiger partial charge in [0, 0.05) is 6.20 Å². The van der Waals surface area contributed by atoms with Crippen molar-refractivity contribution in [1.82, 2.24) is 9.78 Å². The molecule has 2 N–H and O–H groups in total. The fourth-order valence-electron chi connectivity index (χ4n) is 3.11. The van der Waals surface area contributed by atoms with E-state index in [0.29, 0.717) is 31.7 Å². The summed E-state index contributed by atoms with van der Waals surface area (Å²) >= 11 is 1.07. The predicted molar refractivity (Wildman–Crippen MR) is 125 cm³/mol. The van der Waals surface area contributed by atoms with E-state index in [4.69, 9.17) is 9.47 Å². The van der Waals surface area contributed by atoms with E-state index >= 15 is 0 Å². The van der Waals surface area contributed by atoms with Crippen LogP contribution in [0.2, 0.25) is 0 Å². The summed E-state index contributed by atoms with van der Waals surface area (Å²) in [5, 5.41) is 7.03. The second-order valence-corrected chi connectivity index (χ2v) is 7.99. The summed E-state index contributed by atoms with van der Waals surface area (Å²) in [6.07, 6.45) is 1.47. The van der Waals surface area contributed by atoms with Gasteiger partial charge in [0.15, 0.2) is 0 Å². The minimum absolute atomic E-state index is 0.189. The van der Waals surface area contributed by atoms with Crippen LogP contribution in [0.15, 0.2) is 29.1 Å². The minimum atomic E-state index is -0.561. The van der Waals surface area contributed by atoms with Crippen molar-refractivity contribution in [2.24, 2.45) is 0 Å². The van der Waals surface area contributed by atoms with Crippen LogP contribution in [0, 0.1) is 13.8 Å². The Labute approximate surface area is 188 Å². The molecule has 1 aromatic carbocycles. The largest absolute Gasteiger partial charge is 0.462 e. The number of benzene rings is 1. The van der Waals surface area contributed by atoms with Crippen molar-refractivity contribution in [2.75, 3.05) is 18.5 Å². The Morgan fingerprint density at radius 1 is 1.12 bits per heavy atom. The van der Waals surface area contributed by atoms with Crippen LogP contribution in [0.3, 0.4) is 0 Å². The molecule has 0 aliphatic heterocycles. The summed E-state index contributed by atoms with van der Waals surface area (Å²) in [4.78, 5) is 38.1. The normalized spacial score (nSPS) is 11.4. The van der Waals surface area contributed by atoms with Crippen LogP contribution in [-0.2, 0) is 9.47 Å². The lowest BCUT2D eigenvalue weighted by Gasteiger charge is -2.04. The molecule has 0 bridgehead atoms. The number of anilines is 1. The van der Waals surface area contributed by atoms with E-state index < -0.39 is 11.9 Å². The first-order valence-corrected chi connectivity index (χ1v) is 10.9. The molecule has 0 unspecified atom stereocenters. The summed E-state index contributed by atoms with van der Waals surface area (Å²) in [5.74, 6) is -1.08. The van der Waals surface area contributed by atoms with Gasteiger partial charge in [0.25, 0.3) is 5.56 Å². The Morgan fingerprint density at radius 3 is 2.38 bits per heavy atom. The van der Waals surface area contributed by atoms with Gasteiger partial charge in [-0.3, -0.25) is 9.89 Å². The molecule has 0 radical (unpaired) electrons. The second-order valence-electron chi connectivity index (χ2n) is 6.97. The molecule has 0 aliphatic carbocycles. The Balaban J connectivity index is 2.05. The number of thiophene rings is 1. The zero-order valence-electron chi connectivity index (χ0n) is 18.4. The van der Waals surface area contributed by atoms with E-state index in [1.54, 1.807) is 20.8 Å². The average molecular weight is 456 g/mol. The number of carbonyl (C=O) groups is 2. The lowest BCUT2D eigenvalue weighted by molar-refractivity contribution is 0.0527. The molecule has 168 valence electrons. The van der Waals surface area contributed by atoms with Crippen LogP contribution in [0.5, 0.6) is 0 Å². The zero-order valence-corrected chi connectivity index (χ0v) is 19.2. The van der Waals surface area contributed by atoms with E-state index in [1.807, 2.05) is 31.2 Å². The van der Waals surface area contributed by atoms with Gasteiger partial charge in [0.05, 0.1) is 35.0 Å². The van der Waals surface area contributed by atoms with Crippen LogP contribution >= 0.6 is 11.3 Å². The van der Waals surface area contributed by atoms with Crippen molar-refractivity contribution < 1.29 is 19.1 Å². The van der Waals surface area contributed by atoms with Gasteiger partial charge in [-0.05, 0) is 45.4 Å². The van der Waals surface area contributed by atoms with Crippen molar-refractivity contribution in [3.63, 3.8) is 0 Å². The van der Waals surface area contributed by atoms with Crippen LogP contribution in [-0.4, -0.2) is 34.9 Å². The Bertz CT molecular complexity index is 1320. The monoisotopic (exact) mass is 455 g/mol. The van der Waals surface area contributed by atoms with Gasteiger partial charge in [-0.1, -0.05) is 24.3 Å². The van der Waals surface area contributed by atoms with E-state index in [1.165, 1.54) is 10.9 Å². The van der Waals surface area contributed by atoms with E-state index in [0.717, 1.165) is 16.9 Å². The lowest BCUT2D eigenvalue weighted by Crippen LogP contribution is -2.34. The lowest BCUT2D eigenvalue weighted by atomic mass is 10.1. The number of esters is 2. The van der Waals surface area contributed by atoms with Gasteiger partial charge >= 0.3 is 11.9 Å². The number of H-pyrrole nitrogens is 1. The smallest absolute Gasteiger partial charge is 0.348 e. The number of hydrogen-bond donors (Lipinski definition) is 2. The molecule has 0 spiro atoms. The number of aromatic nitrogens is 2. The number of nitrogens with zero attached hydrogens (tertiary/aromatic N) is 1. The maximum absolute atomic E-state index is 12.9.